The molecule has 190 valence electrons. The Labute approximate surface area is 214 Å². The van der Waals surface area contributed by atoms with Gasteiger partial charge in [-0.3, -0.25) is 29.3 Å². The number of carbonyl (C=O) groups excluding carboxylic acids is 5. The van der Waals surface area contributed by atoms with Crippen LogP contribution in [0.15, 0.2) is 36.4 Å². The summed E-state index contributed by atoms with van der Waals surface area (Å²) in [4.78, 5) is 62.0. The van der Waals surface area contributed by atoms with E-state index in [4.69, 9.17) is 10.5 Å². The highest BCUT2D eigenvalue weighted by atomic mass is 35.5. The van der Waals surface area contributed by atoms with Gasteiger partial charge in [-0.25, -0.2) is 0 Å². The van der Waals surface area contributed by atoms with E-state index >= 15 is 0 Å². The van der Waals surface area contributed by atoms with Crippen LogP contribution in [0.4, 0.5) is 0 Å². The summed E-state index contributed by atoms with van der Waals surface area (Å²) in [5, 5.41) is 2.30. The van der Waals surface area contributed by atoms with Crippen LogP contribution < -0.4 is 15.8 Å². The first-order chi connectivity index (χ1) is 16.7. The van der Waals surface area contributed by atoms with Crippen molar-refractivity contribution in [3.8, 4) is 5.75 Å². The van der Waals surface area contributed by atoms with Crippen LogP contribution in [-0.2, 0) is 38.6 Å². The number of nitrogens with zero attached hydrogens (tertiary/aromatic N) is 1. The Bertz CT molecular complexity index is 1230. The van der Waals surface area contributed by atoms with Gasteiger partial charge in [-0.1, -0.05) is 24.3 Å². The molecule has 0 radical (unpaired) electrons. The first-order valence-corrected chi connectivity index (χ1v) is 11.5. The van der Waals surface area contributed by atoms with E-state index in [1.807, 2.05) is 25.1 Å². The molecule has 2 aromatic carbocycles. The molecule has 4 rings (SSSR count). The Balaban J connectivity index is 0.00000361. The molecular weight excluding hydrogens is 486 g/mol. The molecule has 1 unspecified atom stereocenters. The fraction of sp³-hybridized carbons (Fsp3) is 0.346. The number of ether oxygens (including phenoxy) is 1. The van der Waals surface area contributed by atoms with Crippen LogP contribution >= 0.6 is 12.4 Å². The van der Waals surface area contributed by atoms with Gasteiger partial charge >= 0.3 is 5.97 Å². The van der Waals surface area contributed by atoms with Gasteiger partial charge in [-0.2, -0.15) is 0 Å². The van der Waals surface area contributed by atoms with Gasteiger partial charge < -0.3 is 15.4 Å². The number of aryl methyl sites for hydroxylation is 2. The molecule has 0 saturated carbocycles. The fourth-order valence-electron chi connectivity index (χ4n) is 4.41. The van der Waals surface area contributed by atoms with Crippen molar-refractivity contribution in [2.75, 3.05) is 6.54 Å². The number of nitrogens with two attached hydrogens (primary N) is 1. The number of Topliss-reactive ketones (excluding diaryl/α,β-unsaturated/α-hetero) is 1. The van der Waals surface area contributed by atoms with Crippen molar-refractivity contribution in [2.24, 2.45) is 5.73 Å². The van der Waals surface area contributed by atoms with E-state index in [0.29, 0.717) is 37.1 Å². The van der Waals surface area contributed by atoms with E-state index in [2.05, 4.69) is 5.32 Å². The fourth-order valence-corrected chi connectivity index (χ4v) is 4.41. The summed E-state index contributed by atoms with van der Waals surface area (Å²) in [6.45, 7) is 1.89. The first-order valence-electron chi connectivity index (χ1n) is 11.5. The average molecular weight is 514 g/mol. The molecule has 2 heterocycles. The SMILES string of the molecule is Cc1ccc(CC(=O)CCc2ccc3c(c2)CN(C2CCC(=O)NC2=O)C3=O)cc1OC(=O)CN.Cl. The molecule has 3 amide bonds. The summed E-state index contributed by atoms with van der Waals surface area (Å²) < 4.78 is 5.21. The number of halogens is 1. The zero-order valence-electron chi connectivity index (χ0n) is 19.9. The van der Waals surface area contributed by atoms with Crippen molar-refractivity contribution < 1.29 is 28.7 Å². The third kappa shape index (κ3) is 5.98. The van der Waals surface area contributed by atoms with Gasteiger partial charge in [0.1, 0.15) is 17.6 Å². The molecule has 0 bridgehead atoms. The maximum absolute atomic E-state index is 12.8. The Morgan fingerprint density at radius 1 is 1.11 bits per heavy atom. The lowest BCUT2D eigenvalue weighted by Crippen LogP contribution is -2.52. The topological polar surface area (TPSA) is 136 Å². The van der Waals surface area contributed by atoms with E-state index in [-0.39, 0.29) is 49.4 Å². The van der Waals surface area contributed by atoms with Crippen LogP contribution in [0.5, 0.6) is 5.75 Å². The smallest absolute Gasteiger partial charge is 0.325 e. The molecule has 1 atom stereocenters. The molecule has 3 N–H and O–H groups in total. The summed E-state index contributed by atoms with van der Waals surface area (Å²) in [5.41, 5.74) is 9.12. The van der Waals surface area contributed by atoms with Crippen LogP contribution in [0.1, 0.15) is 51.9 Å². The quantitative estimate of drug-likeness (QED) is 0.312. The first kappa shape index (κ1) is 27.0. The molecule has 1 saturated heterocycles. The second-order valence-corrected chi connectivity index (χ2v) is 8.88. The number of benzene rings is 2. The van der Waals surface area contributed by atoms with Crippen molar-refractivity contribution >= 4 is 41.9 Å². The van der Waals surface area contributed by atoms with Gasteiger partial charge in [0, 0.05) is 31.4 Å². The minimum absolute atomic E-state index is 0. The number of fused-ring (bicyclic) bond motifs is 1. The Kier molecular flexibility index (Phi) is 8.60. The van der Waals surface area contributed by atoms with Gasteiger partial charge in [0.2, 0.25) is 11.8 Å². The number of imide groups is 1. The molecule has 0 aromatic heterocycles. The Morgan fingerprint density at radius 2 is 1.86 bits per heavy atom. The number of nitrogens with one attached hydrogen (secondary N) is 1. The van der Waals surface area contributed by atoms with Crippen molar-refractivity contribution in [2.45, 2.75) is 51.6 Å². The van der Waals surface area contributed by atoms with Crippen molar-refractivity contribution in [1.82, 2.24) is 10.2 Å². The monoisotopic (exact) mass is 513 g/mol. The predicted molar refractivity (Wildman–Crippen MR) is 133 cm³/mol. The summed E-state index contributed by atoms with van der Waals surface area (Å²) >= 11 is 0. The highest BCUT2D eigenvalue weighted by Gasteiger charge is 2.39. The predicted octanol–water partition coefficient (Wildman–Crippen LogP) is 1.79. The minimum Gasteiger partial charge on any atom is -0.425 e. The minimum atomic E-state index is -0.652. The molecule has 36 heavy (non-hydrogen) atoms. The lowest BCUT2D eigenvalue weighted by molar-refractivity contribution is -0.137. The number of ketones is 1. The van der Waals surface area contributed by atoms with Crippen LogP contribution in [0.3, 0.4) is 0 Å². The zero-order valence-corrected chi connectivity index (χ0v) is 20.7. The molecule has 1 fully saturated rings. The summed E-state index contributed by atoms with van der Waals surface area (Å²) in [6, 6.07) is 10.1. The lowest BCUT2D eigenvalue weighted by atomic mass is 9.99. The standard InChI is InChI=1S/C26H27N3O6.ClH/c1-15-2-3-17(12-22(15)35-24(32)13-27)11-19(30)6-4-16-5-7-20-18(10-16)14-29(26(20)34)21-8-9-23(31)28-25(21)33;/h2-3,5,7,10,12,21H,4,6,8-9,11,13-14,27H2,1H3,(H,28,31,33);1H. The normalized spacial score (nSPS) is 16.8. The Morgan fingerprint density at radius 3 is 2.58 bits per heavy atom. The second kappa shape index (κ2) is 11.5. The van der Waals surface area contributed by atoms with Crippen LogP contribution in [-0.4, -0.2) is 47.0 Å². The average Bonchev–Trinajstić information content (AvgIpc) is 3.15. The molecule has 2 aliphatic heterocycles. The highest BCUT2D eigenvalue weighted by Crippen LogP contribution is 2.28. The number of hydrogen-bond donors (Lipinski definition) is 2. The summed E-state index contributed by atoms with van der Waals surface area (Å²) in [7, 11) is 0. The molecular formula is C26H28ClN3O6. The molecule has 0 spiro atoms. The lowest BCUT2D eigenvalue weighted by Gasteiger charge is -2.29. The van der Waals surface area contributed by atoms with E-state index in [9.17, 15) is 24.0 Å². The number of hydrogen-bond acceptors (Lipinski definition) is 7. The Hall–Kier alpha value is -3.56. The number of piperidine rings is 1. The third-order valence-corrected chi connectivity index (χ3v) is 6.32. The molecule has 2 aliphatic rings. The molecule has 9 nitrogen and oxygen atoms in total. The maximum Gasteiger partial charge on any atom is 0.325 e. The molecule has 2 aromatic rings. The molecule has 0 aliphatic carbocycles. The zero-order chi connectivity index (χ0) is 25.1. The van der Waals surface area contributed by atoms with Gasteiger partial charge in [-0.15, -0.1) is 12.4 Å². The number of esters is 1. The van der Waals surface area contributed by atoms with Crippen molar-refractivity contribution in [3.63, 3.8) is 0 Å². The maximum atomic E-state index is 12.8. The van der Waals surface area contributed by atoms with Gasteiger partial charge in [-0.05, 0) is 54.2 Å². The van der Waals surface area contributed by atoms with Gasteiger partial charge in [0.25, 0.3) is 5.91 Å². The van der Waals surface area contributed by atoms with Crippen LogP contribution in [0.25, 0.3) is 0 Å². The number of amides is 3. The third-order valence-electron chi connectivity index (χ3n) is 6.32. The van der Waals surface area contributed by atoms with Crippen molar-refractivity contribution in [3.05, 3.63) is 64.2 Å². The van der Waals surface area contributed by atoms with Gasteiger partial charge in [0.05, 0.1) is 6.54 Å². The van der Waals surface area contributed by atoms with Crippen LogP contribution in [0.2, 0.25) is 0 Å². The number of carbonyl (C=O) groups is 5. The van der Waals surface area contributed by atoms with Crippen molar-refractivity contribution in [1.29, 1.82) is 0 Å². The highest BCUT2D eigenvalue weighted by molar-refractivity contribution is 6.05. The van der Waals surface area contributed by atoms with Gasteiger partial charge in [0.15, 0.2) is 0 Å². The van der Waals surface area contributed by atoms with Crippen LogP contribution in [0, 0.1) is 6.92 Å². The van der Waals surface area contributed by atoms with E-state index < -0.39 is 17.9 Å². The van der Waals surface area contributed by atoms with E-state index in [1.54, 1.807) is 18.2 Å². The molecule has 10 heteroatoms. The number of rotatable bonds is 8. The summed E-state index contributed by atoms with van der Waals surface area (Å²) in [6.07, 6.45) is 1.56. The largest absolute Gasteiger partial charge is 0.425 e. The van der Waals surface area contributed by atoms with E-state index in [0.717, 1.165) is 22.3 Å². The summed E-state index contributed by atoms with van der Waals surface area (Å²) in [5.74, 6) is -1.09. The van der Waals surface area contributed by atoms with E-state index in [1.165, 1.54) is 4.90 Å². The second-order valence-electron chi connectivity index (χ2n) is 8.88.